The fourth-order valence-corrected chi connectivity index (χ4v) is 3.11. The van der Waals surface area contributed by atoms with E-state index >= 15 is 0 Å². The third kappa shape index (κ3) is 3.08. The Kier molecular flexibility index (Phi) is 4.20. The molecule has 1 aliphatic rings. The van der Waals surface area contributed by atoms with Crippen LogP contribution >= 0.6 is 0 Å². The molecular formula is C18H22N2O. The molecule has 3 nitrogen and oxygen atoms in total. The first-order chi connectivity index (χ1) is 10.3. The summed E-state index contributed by atoms with van der Waals surface area (Å²) in [4.78, 5) is 17.1. The summed E-state index contributed by atoms with van der Waals surface area (Å²) in [5.41, 5.74) is 3.00. The Morgan fingerprint density at radius 1 is 1.05 bits per heavy atom. The minimum absolute atomic E-state index is 0.0330. The van der Waals surface area contributed by atoms with Crippen molar-refractivity contribution in [1.29, 1.82) is 0 Å². The number of rotatable bonds is 3. The van der Waals surface area contributed by atoms with Gasteiger partial charge in [-0.3, -0.25) is 9.69 Å². The van der Waals surface area contributed by atoms with Crippen LogP contribution in [0.4, 0.5) is 0 Å². The van der Waals surface area contributed by atoms with E-state index in [4.69, 9.17) is 0 Å². The largest absolute Gasteiger partial charge is 0.329 e. The predicted molar refractivity (Wildman–Crippen MR) is 86.3 cm³/mol. The van der Waals surface area contributed by atoms with E-state index in [-0.39, 0.29) is 5.56 Å². The molecule has 2 heterocycles. The van der Waals surface area contributed by atoms with Gasteiger partial charge in [0.2, 0.25) is 0 Å². The highest BCUT2D eigenvalue weighted by Crippen LogP contribution is 2.25. The molecule has 1 saturated heterocycles. The van der Waals surface area contributed by atoms with E-state index in [9.17, 15) is 4.79 Å². The molecule has 3 heteroatoms. The molecule has 2 aromatic rings. The van der Waals surface area contributed by atoms with E-state index in [0.717, 1.165) is 11.1 Å². The first-order valence-electron chi connectivity index (χ1n) is 7.78. The minimum atomic E-state index is -0.0330. The number of pyridine rings is 1. The van der Waals surface area contributed by atoms with Crippen LogP contribution in [0, 0.1) is 0 Å². The van der Waals surface area contributed by atoms with Gasteiger partial charge in [0.05, 0.1) is 0 Å². The van der Waals surface area contributed by atoms with Gasteiger partial charge in [-0.1, -0.05) is 30.7 Å². The van der Waals surface area contributed by atoms with Gasteiger partial charge < -0.3 is 4.98 Å². The molecule has 1 aromatic heterocycles. The average molecular weight is 282 g/mol. The summed E-state index contributed by atoms with van der Waals surface area (Å²) in [5.74, 6) is 0. The number of aromatic nitrogens is 1. The molecule has 0 radical (unpaired) electrons. The van der Waals surface area contributed by atoms with Crippen molar-refractivity contribution in [1.82, 2.24) is 9.88 Å². The Hall–Kier alpha value is -1.87. The number of piperidine rings is 1. The van der Waals surface area contributed by atoms with Gasteiger partial charge >= 0.3 is 0 Å². The topological polar surface area (TPSA) is 36.1 Å². The number of hydrogen-bond donors (Lipinski definition) is 1. The summed E-state index contributed by atoms with van der Waals surface area (Å²) in [6, 6.07) is 12.6. The number of nitrogens with one attached hydrogen (secondary N) is 1. The zero-order valence-electron chi connectivity index (χ0n) is 12.5. The second-order valence-electron chi connectivity index (χ2n) is 5.81. The first kappa shape index (κ1) is 14.1. The molecule has 0 spiro atoms. The monoisotopic (exact) mass is 282 g/mol. The summed E-state index contributed by atoms with van der Waals surface area (Å²) >= 11 is 0. The highest BCUT2D eigenvalue weighted by Gasteiger charge is 2.18. The molecule has 0 aliphatic carbocycles. The van der Waals surface area contributed by atoms with Gasteiger partial charge in [-0.05, 0) is 56.1 Å². The molecule has 1 atom stereocenters. The Bertz CT molecular complexity index is 639. The van der Waals surface area contributed by atoms with E-state index in [1.54, 1.807) is 6.20 Å². The number of H-pyrrole nitrogens is 1. The first-order valence-corrected chi connectivity index (χ1v) is 7.78. The van der Waals surface area contributed by atoms with Crippen LogP contribution < -0.4 is 5.56 Å². The van der Waals surface area contributed by atoms with Crippen LogP contribution in [0.3, 0.4) is 0 Å². The van der Waals surface area contributed by atoms with Crippen molar-refractivity contribution in [3.63, 3.8) is 0 Å². The number of aromatic amines is 1. The molecule has 0 amide bonds. The van der Waals surface area contributed by atoms with Gasteiger partial charge in [0, 0.05) is 17.8 Å². The second-order valence-corrected chi connectivity index (χ2v) is 5.81. The third-order valence-corrected chi connectivity index (χ3v) is 4.46. The van der Waals surface area contributed by atoms with Gasteiger partial charge in [0.1, 0.15) is 0 Å². The van der Waals surface area contributed by atoms with Crippen molar-refractivity contribution in [2.45, 2.75) is 32.2 Å². The Balaban J connectivity index is 1.81. The quantitative estimate of drug-likeness (QED) is 0.934. The van der Waals surface area contributed by atoms with Crippen LogP contribution in [0.1, 0.15) is 37.8 Å². The Morgan fingerprint density at radius 3 is 2.43 bits per heavy atom. The molecule has 1 fully saturated rings. The number of benzene rings is 1. The SMILES string of the molecule is CC(c1ccc(-c2ccc[nH]c2=O)cc1)N1CCCCC1. The van der Waals surface area contributed by atoms with Crippen LogP contribution in [0.15, 0.2) is 47.4 Å². The second kappa shape index (κ2) is 6.27. The third-order valence-electron chi connectivity index (χ3n) is 4.46. The highest BCUT2D eigenvalue weighted by atomic mass is 16.1. The molecule has 0 saturated carbocycles. The van der Waals surface area contributed by atoms with E-state index in [1.807, 2.05) is 12.1 Å². The van der Waals surface area contributed by atoms with E-state index < -0.39 is 0 Å². The van der Waals surface area contributed by atoms with Gasteiger partial charge in [0.25, 0.3) is 5.56 Å². The molecule has 1 aromatic carbocycles. The molecule has 1 N–H and O–H groups in total. The predicted octanol–water partition coefficient (Wildman–Crippen LogP) is 3.59. The molecule has 21 heavy (non-hydrogen) atoms. The molecule has 3 rings (SSSR count). The Morgan fingerprint density at radius 2 is 1.76 bits per heavy atom. The summed E-state index contributed by atoms with van der Waals surface area (Å²) in [6.45, 7) is 4.66. The molecule has 0 bridgehead atoms. The van der Waals surface area contributed by atoms with E-state index in [1.165, 1.54) is 37.9 Å². The highest BCUT2D eigenvalue weighted by molar-refractivity contribution is 5.62. The zero-order chi connectivity index (χ0) is 14.7. The number of nitrogens with zero attached hydrogens (tertiary/aromatic N) is 1. The molecule has 1 aliphatic heterocycles. The van der Waals surface area contributed by atoms with Crippen LogP contribution in [0.25, 0.3) is 11.1 Å². The number of hydrogen-bond acceptors (Lipinski definition) is 2. The zero-order valence-corrected chi connectivity index (χ0v) is 12.5. The molecular weight excluding hydrogens is 260 g/mol. The van der Waals surface area contributed by atoms with Crippen LogP contribution in [-0.2, 0) is 0 Å². The molecule has 110 valence electrons. The van der Waals surface area contributed by atoms with Crippen LogP contribution in [0.2, 0.25) is 0 Å². The maximum Gasteiger partial charge on any atom is 0.255 e. The Labute approximate surface area is 125 Å². The van der Waals surface area contributed by atoms with Gasteiger partial charge in [-0.15, -0.1) is 0 Å². The fraction of sp³-hybridized carbons (Fsp3) is 0.389. The normalized spacial score (nSPS) is 17.6. The average Bonchev–Trinajstić information content (AvgIpc) is 2.56. The summed E-state index contributed by atoms with van der Waals surface area (Å²) in [7, 11) is 0. The minimum Gasteiger partial charge on any atom is -0.329 e. The van der Waals surface area contributed by atoms with Crippen molar-refractivity contribution in [2.75, 3.05) is 13.1 Å². The lowest BCUT2D eigenvalue weighted by Crippen LogP contribution is -2.32. The van der Waals surface area contributed by atoms with Crippen LogP contribution in [-0.4, -0.2) is 23.0 Å². The standard InChI is InChI=1S/C18H22N2O/c1-14(20-12-3-2-4-13-20)15-7-9-16(10-8-15)17-6-5-11-19-18(17)21/h5-11,14H,2-4,12-13H2,1H3,(H,19,21). The van der Waals surface area contributed by atoms with Crippen LogP contribution in [0.5, 0.6) is 0 Å². The van der Waals surface area contributed by atoms with Crippen molar-refractivity contribution in [2.24, 2.45) is 0 Å². The smallest absolute Gasteiger partial charge is 0.255 e. The van der Waals surface area contributed by atoms with Crippen molar-refractivity contribution >= 4 is 0 Å². The van der Waals surface area contributed by atoms with Crippen molar-refractivity contribution in [3.8, 4) is 11.1 Å². The lowest BCUT2D eigenvalue weighted by atomic mass is 10.00. The number of likely N-dealkylation sites (tertiary alicyclic amines) is 1. The summed E-state index contributed by atoms with van der Waals surface area (Å²) < 4.78 is 0. The lowest BCUT2D eigenvalue weighted by molar-refractivity contribution is 0.175. The summed E-state index contributed by atoms with van der Waals surface area (Å²) in [6.07, 6.45) is 5.64. The van der Waals surface area contributed by atoms with Gasteiger partial charge in [-0.25, -0.2) is 0 Å². The lowest BCUT2D eigenvalue weighted by Gasteiger charge is -2.32. The van der Waals surface area contributed by atoms with Gasteiger partial charge in [0.15, 0.2) is 0 Å². The van der Waals surface area contributed by atoms with Crippen molar-refractivity contribution in [3.05, 3.63) is 58.5 Å². The fourth-order valence-electron chi connectivity index (χ4n) is 3.11. The van der Waals surface area contributed by atoms with Crippen molar-refractivity contribution < 1.29 is 0 Å². The van der Waals surface area contributed by atoms with E-state index in [0.29, 0.717) is 6.04 Å². The maximum absolute atomic E-state index is 11.8. The summed E-state index contributed by atoms with van der Waals surface area (Å²) in [5, 5.41) is 0. The van der Waals surface area contributed by atoms with E-state index in [2.05, 4.69) is 41.1 Å². The maximum atomic E-state index is 11.8. The molecule has 1 unspecified atom stereocenters. The van der Waals surface area contributed by atoms with Gasteiger partial charge in [-0.2, -0.15) is 0 Å².